The Morgan fingerprint density at radius 3 is 2.58 bits per heavy atom. The van der Waals surface area contributed by atoms with Crippen molar-refractivity contribution < 1.29 is 14.7 Å². The van der Waals surface area contributed by atoms with E-state index >= 15 is 0 Å². The summed E-state index contributed by atoms with van der Waals surface area (Å²) in [4.78, 5) is 24.0. The molecule has 0 aromatic carbocycles. The van der Waals surface area contributed by atoms with E-state index in [1.807, 2.05) is 6.08 Å². The van der Waals surface area contributed by atoms with Crippen LogP contribution in [0.3, 0.4) is 0 Å². The molecule has 0 aliphatic heterocycles. The molecule has 0 aromatic heterocycles. The molecule has 4 aliphatic rings. The summed E-state index contributed by atoms with van der Waals surface area (Å²) < 4.78 is 0. The second kappa shape index (κ2) is 5.27. The molecule has 4 aliphatic carbocycles. The van der Waals surface area contributed by atoms with E-state index in [9.17, 15) is 14.7 Å². The summed E-state index contributed by atoms with van der Waals surface area (Å²) in [5, 5.41) is 10.9. The van der Waals surface area contributed by atoms with Gasteiger partial charge in [0.1, 0.15) is 5.60 Å². The molecule has 4 rings (SSSR count). The quantitative estimate of drug-likeness (QED) is 0.797. The van der Waals surface area contributed by atoms with Gasteiger partial charge in [0.05, 0.1) is 0 Å². The fraction of sp³-hybridized carbons (Fsp3) is 0.810. The molecule has 7 unspecified atom stereocenters. The van der Waals surface area contributed by atoms with Gasteiger partial charge in [0.15, 0.2) is 11.6 Å². The van der Waals surface area contributed by atoms with E-state index in [4.69, 9.17) is 0 Å². The first-order valence-electron chi connectivity index (χ1n) is 9.75. The Kier molecular flexibility index (Phi) is 3.62. The standard InChI is InChI=1S/C21H30O3/c1-12-10-16-15-7-9-21(24,13(2)22)18(15)5-4-17(16)20(3)8-6-14(23)11-19(12)20/h11-12,15-18,24H,4-10H2,1-3H3. The monoisotopic (exact) mass is 330 g/mol. The van der Waals surface area contributed by atoms with Crippen LogP contribution in [0.2, 0.25) is 0 Å². The van der Waals surface area contributed by atoms with Crippen LogP contribution in [-0.4, -0.2) is 22.3 Å². The number of hydrogen-bond donors (Lipinski definition) is 1. The Balaban J connectivity index is 1.69. The zero-order valence-electron chi connectivity index (χ0n) is 15.2. The van der Waals surface area contributed by atoms with Gasteiger partial charge in [0, 0.05) is 6.42 Å². The van der Waals surface area contributed by atoms with Crippen molar-refractivity contribution in [1.29, 1.82) is 0 Å². The van der Waals surface area contributed by atoms with Gasteiger partial charge in [-0.15, -0.1) is 0 Å². The van der Waals surface area contributed by atoms with Crippen molar-refractivity contribution in [3.63, 3.8) is 0 Å². The largest absolute Gasteiger partial charge is 0.382 e. The van der Waals surface area contributed by atoms with Crippen molar-refractivity contribution in [3.05, 3.63) is 11.6 Å². The molecule has 132 valence electrons. The van der Waals surface area contributed by atoms with Crippen LogP contribution in [-0.2, 0) is 9.59 Å². The van der Waals surface area contributed by atoms with Crippen LogP contribution < -0.4 is 0 Å². The van der Waals surface area contributed by atoms with Crippen molar-refractivity contribution in [3.8, 4) is 0 Å². The smallest absolute Gasteiger partial charge is 0.161 e. The zero-order valence-corrected chi connectivity index (χ0v) is 15.2. The van der Waals surface area contributed by atoms with Crippen molar-refractivity contribution in [2.24, 2.45) is 35.0 Å². The highest BCUT2D eigenvalue weighted by Gasteiger charge is 2.60. The van der Waals surface area contributed by atoms with Crippen LogP contribution in [0.25, 0.3) is 0 Å². The van der Waals surface area contributed by atoms with Crippen LogP contribution >= 0.6 is 0 Å². The van der Waals surface area contributed by atoms with Gasteiger partial charge in [0.2, 0.25) is 0 Å². The topological polar surface area (TPSA) is 54.4 Å². The predicted octanol–water partition coefficient (Wildman–Crippen LogP) is 3.69. The molecular weight excluding hydrogens is 300 g/mol. The molecule has 3 fully saturated rings. The number of hydrogen-bond acceptors (Lipinski definition) is 3. The van der Waals surface area contributed by atoms with Gasteiger partial charge in [-0.2, -0.15) is 0 Å². The van der Waals surface area contributed by atoms with Crippen LogP contribution in [0.1, 0.15) is 65.7 Å². The Labute approximate surface area is 144 Å². The lowest BCUT2D eigenvalue weighted by atomic mass is 9.47. The number of Topliss-reactive ketones (excluding diaryl/α,β-unsaturated/α-hetero) is 1. The maximum Gasteiger partial charge on any atom is 0.161 e. The minimum absolute atomic E-state index is 0.0348. The van der Waals surface area contributed by atoms with E-state index in [1.165, 1.54) is 5.57 Å². The molecule has 0 radical (unpaired) electrons. The molecule has 0 saturated heterocycles. The Morgan fingerprint density at radius 1 is 1.17 bits per heavy atom. The zero-order chi connectivity index (χ0) is 17.3. The highest BCUT2D eigenvalue weighted by Crippen LogP contribution is 2.64. The number of fused-ring (bicyclic) bond motifs is 5. The van der Waals surface area contributed by atoms with Gasteiger partial charge in [-0.1, -0.05) is 19.4 Å². The Morgan fingerprint density at radius 2 is 1.88 bits per heavy atom. The van der Waals surface area contributed by atoms with E-state index in [0.29, 0.717) is 42.3 Å². The molecule has 0 aromatic rings. The van der Waals surface area contributed by atoms with E-state index in [1.54, 1.807) is 6.92 Å². The third-order valence-electron chi connectivity index (χ3n) is 8.30. The second-order valence-corrected chi connectivity index (χ2v) is 9.26. The lowest BCUT2D eigenvalue weighted by Gasteiger charge is -2.57. The van der Waals surface area contributed by atoms with Gasteiger partial charge in [-0.25, -0.2) is 0 Å². The third-order valence-corrected chi connectivity index (χ3v) is 8.30. The molecule has 24 heavy (non-hydrogen) atoms. The van der Waals surface area contributed by atoms with E-state index < -0.39 is 5.60 Å². The number of aliphatic hydroxyl groups is 1. The molecule has 0 amide bonds. The van der Waals surface area contributed by atoms with E-state index in [0.717, 1.165) is 32.1 Å². The normalized spacial score (nSPS) is 50.6. The molecule has 0 bridgehead atoms. The minimum Gasteiger partial charge on any atom is -0.382 e. The number of carbonyl (C=O) groups excluding carboxylic acids is 2. The predicted molar refractivity (Wildman–Crippen MR) is 92.3 cm³/mol. The van der Waals surface area contributed by atoms with Gasteiger partial charge >= 0.3 is 0 Å². The van der Waals surface area contributed by atoms with Gasteiger partial charge in [-0.05, 0) is 86.5 Å². The molecule has 1 N–H and O–H groups in total. The molecule has 3 heteroatoms. The first kappa shape index (κ1) is 16.5. The van der Waals surface area contributed by atoms with Gasteiger partial charge in [-0.3, -0.25) is 9.59 Å². The van der Waals surface area contributed by atoms with Crippen LogP contribution in [0.4, 0.5) is 0 Å². The number of carbonyl (C=O) groups is 2. The summed E-state index contributed by atoms with van der Waals surface area (Å²) in [6, 6.07) is 0. The van der Waals surface area contributed by atoms with Crippen molar-refractivity contribution in [1.82, 2.24) is 0 Å². The van der Waals surface area contributed by atoms with Crippen molar-refractivity contribution in [2.45, 2.75) is 71.3 Å². The van der Waals surface area contributed by atoms with Gasteiger partial charge in [0.25, 0.3) is 0 Å². The maximum atomic E-state index is 12.1. The van der Waals surface area contributed by atoms with Crippen molar-refractivity contribution in [2.75, 3.05) is 0 Å². The highest BCUT2D eigenvalue weighted by molar-refractivity contribution is 5.91. The third kappa shape index (κ3) is 2.06. The fourth-order valence-corrected chi connectivity index (χ4v) is 7.11. The van der Waals surface area contributed by atoms with E-state index in [2.05, 4.69) is 13.8 Å². The maximum absolute atomic E-state index is 12.1. The summed E-state index contributed by atoms with van der Waals surface area (Å²) in [6.45, 7) is 6.21. The second-order valence-electron chi connectivity index (χ2n) is 9.26. The Hall–Kier alpha value is -0.960. The summed E-state index contributed by atoms with van der Waals surface area (Å²) >= 11 is 0. The fourth-order valence-electron chi connectivity index (χ4n) is 7.11. The minimum atomic E-state index is -1.07. The summed E-state index contributed by atoms with van der Waals surface area (Å²) in [5.41, 5.74) is 0.467. The average Bonchev–Trinajstić information content (AvgIpc) is 2.88. The highest BCUT2D eigenvalue weighted by atomic mass is 16.3. The van der Waals surface area contributed by atoms with Crippen LogP contribution in [0, 0.1) is 35.0 Å². The summed E-state index contributed by atoms with van der Waals surface area (Å²) in [5.74, 6) is 2.57. The van der Waals surface area contributed by atoms with Gasteiger partial charge < -0.3 is 5.11 Å². The van der Waals surface area contributed by atoms with Crippen molar-refractivity contribution >= 4 is 11.6 Å². The first-order chi connectivity index (χ1) is 11.3. The molecule has 7 atom stereocenters. The lowest BCUT2D eigenvalue weighted by molar-refractivity contribution is -0.144. The van der Waals surface area contributed by atoms with E-state index in [-0.39, 0.29) is 17.1 Å². The van der Waals surface area contributed by atoms with Crippen LogP contribution in [0.5, 0.6) is 0 Å². The SMILES string of the molecule is CC(=O)C1(O)CCC2C3CC(C)C4=CC(=O)CCC4(C)C3CCC21. The molecule has 3 nitrogen and oxygen atoms in total. The molecule has 0 heterocycles. The molecule has 3 saturated carbocycles. The molecular formula is C21H30O3. The van der Waals surface area contributed by atoms with Crippen LogP contribution in [0.15, 0.2) is 11.6 Å². The average molecular weight is 330 g/mol. The summed E-state index contributed by atoms with van der Waals surface area (Å²) in [6.07, 6.45) is 8.43. The number of rotatable bonds is 1. The molecule has 0 spiro atoms. The number of ketones is 2. The number of allylic oxidation sites excluding steroid dienone is 1. The Bertz CT molecular complexity index is 621. The summed E-state index contributed by atoms with van der Waals surface area (Å²) in [7, 11) is 0. The first-order valence-corrected chi connectivity index (χ1v) is 9.75. The lowest BCUT2D eigenvalue weighted by Crippen LogP contribution is -2.52.